The molecular weight excluding hydrogens is 456 g/mol. The number of nitrogens with two attached hydrogens (primary N) is 2. The highest BCUT2D eigenvalue weighted by molar-refractivity contribution is 5.85. The number of halogens is 1. The van der Waals surface area contributed by atoms with E-state index in [0.29, 0.717) is 5.41 Å². The number of carbonyl (C=O) groups is 1. The predicted octanol–water partition coefficient (Wildman–Crippen LogP) is 6.65. The molecular formula is C30H53ClN2O2. The van der Waals surface area contributed by atoms with E-state index in [4.69, 9.17) is 16.2 Å². The van der Waals surface area contributed by atoms with E-state index >= 15 is 0 Å². The maximum absolute atomic E-state index is 12.2. The van der Waals surface area contributed by atoms with Crippen molar-refractivity contribution in [2.75, 3.05) is 6.54 Å². The highest BCUT2D eigenvalue weighted by atomic mass is 35.5. The minimum Gasteiger partial charge on any atom is -0.461 e. The van der Waals surface area contributed by atoms with Gasteiger partial charge in [0.05, 0.1) is 0 Å². The molecule has 202 valence electrons. The summed E-state index contributed by atoms with van der Waals surface area (Å²) in [6, 6.07) is -0.697. The van der Waals surface area contributed by atoms with Crippen LogP contribution >= 0.6 is 12.4 Å². The van der Waals surface area contributed by atoms with Crippen LogP contribution in [0.5, 0.6) is 0 Å². The molecule has 3 saturated carbocycles. The molecule has 0 saturated heterocycles. The summed E-state index contributed by atoms with van der Waals surface area (Å²) in [5.41, 5.74) is 13.7. The highest BCUT2D eigenvalue weighted by Crippen LogP contribution is 2.67. The van der Waals surface area contributed by atoms with Crippen LogP contribution in [-0.2, 0) is 9.53 Å². The van der Waals surface area contributed by atoms with Crippen LogP contribution in [0.3, 0.4) is 0 Å². The zero-order valence-electron chi connectivity index (χ0n) is 23.1. The fourth-order valence-corrected chi connectivity index (χ4v) is 9.10. The van der Waals surface area contributed by atoms with Crippen LogP contribution < -0.4 is 11.5 Å². The first-order valence-corrected chi connectivity index (χ1v) is 14.5. The molecule has 4 rings (SSSR count). The molecule has 0 aromatic carbocycles. The summed E-state index contributed by atoms with van der Waals surface area (Å²) >= 11 is 0. The van der Waals surface area contributed by atoms with Gasteiger partial charge in [0.2, 0.25) is 0 Å². The summed E-state index contributed by atoms with van der Waals surface area (Å²) in [7, 11) is 0. The van der Waals surface area contributed by atoms with E-state index < -0.39 is 6.04 Å². The van der Waals surface area contributed by atoms with Gasteiger partial charge in [-0.3, -0.25) is 4.79 Å². The zero-order chi connectivity index (χ0) is 24.7. The first-order chi connectivity index (χ1) is 16.1. The van der Waals surface area contributed by atoms with Crippen LogP contribution in [0.25, 0.3) is 0 Å². The summed E-state index contributed by atoms with van der Waals surface area (Å²) in [5.74, 6) is 4.78. The van der Waals surface area contributed by atoms with Gasteiger partial charge in [0.1, 0.15) is 12.1 Å². The van der Waals surface area contributed by atoms with Crippen molar-refractivity contribution in [1.29, 1.82) is 0 Å². The van der Waals surface area contributed by atoms with Gasteiger partial charge in [0.15, 0.2) is 0 Å². The Bertz CT molecular complexity index is 769. The maximum Gasteiger partial charge on any atom is 0.324 e. The van der Waals surface area contributed by atoms with Crippen molar-refractivity contribution in [3.05, 3.63) is 11.6 Å². The minimum atomic E-state index is -0.697. The second-order valence-electron chi connectivity index (χ2n) is 13.4. The Morgan fingerprint density at radius 2 is 1.83 bits per heavy atom. The molecule has 3 fully saturated rings. The Labute approximate surface area is 221 Å². The number of ether oxygens (including phenoxy) is 1. The smallest absolute Gasteiger partial charge is 0.324 e. The van der Waals surface area contributed by atoms with Crippen LogP contribution in [0, 0.1) is 46.3 Å². The first-order valence-electron chi connectivity index (χ1n) is 14.5. The molecule has 0 amide bonds. The van der Waals surface area contributed by atoms with Crippen LogP contribution in [-0.4, -0.2) is 24.7 Å². The van der Waals surface area contributed by atoms with Crippen molar-refractivity contribution in [3.8, 4) is 0 Å². The van der Waals surface area contributed by atoms with Gasteiger partial charge < -0.3 is 16.2 Å². The molecule has 4 aliphatic carbocycles. The van der Waals surface area contributed by atoms with Gasteiger partial charge >= 0.3 is 5.97 Å². The van der Waals surface area contributed by atoms with E-state index in [1.165, 1.54) is 51.4 Å². The van der Waals surface area contributed by atoms with Gasteiger partial charge in [0.25, 0.3) is 0 Å². The molecule has 0 radical (unpaired) electrons. The zero-order valence-corrected chi connectivity index (χ0v) is 23.9. The van der Waals surface area contributed by atoms with Gasteiger partial charge in [-0.05, 0) is 91.3 Å². The average molecular weight is 509 g/mol. The normalized spacial score (nSPS) is 40.0. The fraction of sp³-hybridized carbons (Fsp3) is 0.900. The topological polar surface area (TPSA) is 78.3 Å². The number of rotatable bonds is 8. The molecule has 1 unspecified atom stereocenters. The second-order valence-corrected chi connectivity index (χ2v) is 13.4. The molecule has 4 nitrogen and oxygen atoms in total. The number of allylic oxidation sites excluding steroid dienone is 1. The van der Waals surface area contributed by atoms with Crippen LogP contribution in [0.1, 0.15) is 105 Å². The lowest BCUT2D eigenvalue weighted by molar-refractivity contribution is -0.152. The molecule has 0 heterocycles. The quantitative estimate of drug-likeness (QED) is 0.284. The molecule has 4 aliphatic rings. The Kier molecular flexibility index (Phi) is 9.47. The number of esters is 1. The van der Waals surface area contributed by atoms with E-state index in [0.717, 1.165) is 54.8 Å². The Morgan fingerprint density at radius 3 is 2.51 bits per heavy atom. The largest absolute Gasteiger partial charge is 0.461 e. The molecule has 4 N–H and O–H groups in total. The van der Waals surface area contributed by atoms with Crippen molar-refractivity contribution in [1.82, 2.24) is 0 Å². The lowest BCUT2D eigenvalue weighted by atomic mass is 9.47. The Balaban J connectivity index is 0.00000342. The van der Waals surface area contributed by atoms with E-state index in [2.05, 4.69) is 40.7 Å². The summed E-state index contributed by atoms with van der Waals surface area (Å²) in [5, 5.41) is 0. The summed E-state index contributed by atoms with van der Waals surface area (Å²) < 4.78 is 5.76. The third-order valence-electron chi connectivity index (χ3n) is 11.1. The maximum atomic E-state index is 12.2. The lowest BCUT2D eigenvalue weighted by Crippen LogP contribution is -2.51. The van der Waals surface area contributed by atoms with Crippen LogP contribution in [0.4, 0.5) is 0 Å². The van der Waals surface area contributed by atoms with Crippen molar-refractivity contribution in [2.24, 2.45) is 57.8 Å². The van der Waals surface area contributed by atoms with E-state index in [-0.39, 0.29) is 36.4 Å². The number of hydrogen-bond donors (Lipinski definition) is 2. The van der Waals surface area contributed by atoms with Crippen molar-refractivity contribution in [2.45, 2.75) is 117 Å². The van der Waals surface area contributed by atoms with Gasteiger partial charge in [-0.1, -0.05) is 65.5 Å². The molecule has 5 heteroatoms. The van der Waals surface area contributed by atoms with Gasteiger partial charge in [-0.15, -0.1) is 12.4 Å². The summed E-state index contributed by atoms with van der Waals surface area (Å²) in [4.78, 5) is 12.2. The summed E-state index contributed by atoms with van der Waals surface area (Å²) in [6.45, 7) is 12.6. The highest BCUT2D eigenvalue weighted by Gasteiger charge is 2.59. The van der Waals surface area contributed by atoms with Gasteiger partial charge in [0, 0.05) is 13.0 Å². The van der Waals surface area contributed by atoms with E-state index in [9.17, 15) is 4.79 Å². The molecule has 0 bridgehead atoms. The SMILES string of the molecule is CC(C)CCC[C@@H](C)[C@H]1CC[C@H]2[C@@H]3CC=C4C[C@@H](OC(=O)C(N)CN)CC[C@]4(C)[C@H]3CC[C@]12C.Cl. The van der Waals surface area contributed by atoms with Crippen molar-refractivity contribution in [3.63, 3.8) is 0 Å². The van der Waals surface area contributed by atoms with Gasteiger partial charge in [-0.25, -0.2) is 0 Å². The van der Waals surface area contributed by atoms with Crippen molar-refractivity contribution < 1.29 is 9.53 Å². The molecule has 0 aromatic heterocycles. The van der Waals surface area contributed by atoms with Crippen LogP contribution in [0.2, 0.25) is 0 Å². The molecule has 0 aliphatic heterocycles. The minimum absolute atomic E-state index is 0. The number of carbonyl (C=O) groups excluding carboxylic acids is 1. The van der Waals surface area contributed by atoms with Gasteiger partial charge in [-0.2, -0.15) is 0 Å². The third kappa shape index (κ3) is 5.50. The standard InChI is InChI=1S/C30H52N2O2.ClH/c1-19(2)7-6-8-20(3)24-11-12-25-23-10-9-21-17-22(34-28(33)27(32)18-31)13-15-29(21,4)26(23)14-16-30(24,25)5;/h9,19-20,22-27H,6-8,10-18,31-32H2,1-5H3;1H/t20-,22+,23+,24-,25+,26+,27?,29+,30-;/m1./s1. The third-order valence-corrected chi connectivity index (χ3v) is 11.1. The average Bonchev–Trinajstić information content (AvgIpc) is 3.15. The second kappa shape index (κ2) is 11.4. The van der Waals surface area contributed by atoms with E-state index in [1.54, 1.807) is 5.57 Å². The monoisotopic (exact) mass is 508 g/mol. The number of hydrogen-bond acceptors (Lipinski definition) is 4. The fourth-order valence-electron chi connectivity index (χ4n) is 9.10. The molecule has 35 heavy (non-hydrogen) atoms. The number of fused-ring (bicyclic) bond motifs is 5. The first kappa shape index (κ1) is 29.0. The van der Waals surface area contributed by atoms with E-state index in [1.807, 2.05) is 0 Å². The Morgan fingerprint density at radius 1 is 1.09 bits per heavy atom. The van der Waals surface area contributed by atoms with Crippen LogP contribution in [0.15, 0.2) is 11.6 Å². The van der Waals surface area contributed by atoms with Crippen molar-refractivity contribution >= 4 is 18.4 Å². The molecule has 9 atom stereocenters. The molecule has 0 aromatic rings. The summed E-state index contributed by atoms with van der Waals surface area (Å²) in [6.07, 6.45) is 16.6. The molecule has 0 spiro atoms. The Hall–Kier alpha value is -0.580. The predicted molar refractivity (Wildman–Crippen MR) is 147 cm³/mol. The lowest BCUT2D eigenvalue weighted by Gasteiger charge is -2.58.